The van der Waals surface area contributed by atoms with E-state index in [4.69, 9.17) is 29.3 Å². The van der Waals surface area contributed by atoms with Crippen LogP contribution in [0.2, 0.25) is 0 Å². The molecule has 1 aliphatic heterocycles. The lowest BCUT2D eigenvalue weighted by molar-refractivity contribution is -0.384. The minimum Gasteiger partial charge on any atom is -0.493 e. The third-order valence-corrected chi connectivity index (χ3v) is 7.05. The average molecular weight is 526 g/mol. The zero-order valence-electron chi connectivity index (χ0n) is 19.7. The second-order valence-corrected chi connectivity index (χ2v) is 9.40. The smallest absolute Gasteiger partial charge is 0.414 e. The van der Waals surface area contributed by atoms with Crippen molar-refractivity contribution >= 4 is 27.6 Å². The lowest BCUT2D eigenvalue weighted by atomic mass is 10.1. The van der Waals surface area contributed by atoms with Crippen molar-refractivity contribution in [1.29, 1.82) is 0 Å². The van der Waals surface area contributed by atoms with Crippen LogP contribution in [0.5, 0.6) is 11.5 Å². The van der Waals surface area contributed by atoms with Crippen LogP contribution in [0, 0.1) is 10.1 Å². The monoisotopic (exact) mass is 525 g/mol. The van der Waals surface area contributed by atoms with Crippen molar-refractivity contribution in [2.75, 3.05) is 39.9 Å². The highest BCUT2D eigenvalue weighted by Gasteiger charge is 2.29. The summed E-state index contributed by atoms with van der Waals surface area (Å²) < 4.78 is 38.0. The van der Waals surface area contributed by atoms with E-state index in [1.54, 1.807) is 7.11 Å². The van der Waals surface area contributed by atoms with Crippen molar-refractivity contribution in [3.8, 4) is 11.5 Å². The van der Waals surface area contributed by atoms with Crippen molar-refractivity contribution in [1.82, 2.24) is 9.21 Å². The summed E-state index contributed by atoms with van der Waals surface area (Å²) in [5, 5.41) is 25.6. The minimum atomic E-state index is -3.68. The maximum Gasteiger partial charge on any atom is 0.414 e. The molecular formula is C22H27N3O10S. The van der Waals surface area contributed by atoms with Crippen LogP contribution < -0.4 is 9.47 Å². The van der Waals surface area contributed by atoms with Gasteiger partial charge in [-0.15, -0.1) is 0 Å². The number of non-ortho nitro benzene ring substituents is 1. The van der Waals surface area contributed by atoms with Gasteiger partial charge in [0.2, 0.25) is 10.0 Å². The topological polar surface area (TPSA) is 177 Å². The summed E-state index contributed by atoms with van der Waals surface area (Å²) in [5.74, 6) is -2.28. The minimum absolute atomic E-state index is 0.0676. The highest BCUT2D eigenvalue weighted by molar-refractivity contribution is 7.89. The number of carboxylic acid groups (broad SMARTS) is 2. The molecule has 0 radical (unpaired) electrons. The predicted molar refractivity (Wildman–Crippen MR) is 127 cm³/mol. The molecule has 2 aromatic carbocycles. The summed E-state index contributed by atoms with van der Waals surface area (Å²) >= 11 is 0. The third-order valence-electron chi connectivity index (χ3n) is 5.13. The van der Waals surface area contributed by atoms with Gasteiger partial charge in [0, 0.05) is 44.9 Å². The molecule has 196 valence electrons. The van der Waals surface area contributed by atoms with Crippen molar-refractivity contribution < 1.29 is 42.6 Å². The highest BCUT2D eigenvalue weighted by Crippen LogP contribution is 2.29. The average Bonchev–Trinajstić information content (AvgIpc) is 2.85. The summed E-state index contributed by atoms with van der Waals surface area (Å²) in [5.41, 5.74) is 0.926. The summed E-state index contributed by atoms with van der Waals surface area (Å²) in [6.45, 7) is 5.01. The van der Waals surface area contributed by atoms with Gasteiger partial charge in [0.1, 0.15) is 0 Å². The van der Waals surface area contributed by atoms with Gasteiger partial charge in [-0.05, 0) is 36.8 Å². The fourth-order valence-corrected chi connectivity index (χ4v) is 4.79. The van der Waals surface area contributed by atoms with Crippen LogP contribution in [0.3, 0.4) is 0 Å². The Hall–Kier alpha value is -3.75. The second-order valence-electron chi connectivity index (χ2n) is 7.46. The fourth-order valence-electron chi connectivity index (χ4n) is 3.36. The van der Waals surface area contributed by atoms with Gasteiger partial charge in [-0.2, -0.15) is 4.31 Å². The lowest BCUT2D eigenvalue weighted by Gasteiger charge is -2.34. The molecule has 0 atom stereocenters. The number of benzene rings is 2. The first-order chi connectivity index (χ1) is 17.0. The molecule has 2 aromatic rings. The fraction of sp³-hybridized carbons (Fsp3) is 0.364. The van der Waals surface area contributed by atoms with Crippen LogP contribution in [0.4, 0.5) is 5.69 Å². The maximum atomic E-state index is 12.8. The van der Waals surface area contributed by atoms with E-state index in [0.29, 0.717) is 50.8 Å². The number of sulfonamides is 1. The number of carbonyl (C=O) groups is 2. The zero-order chi connectivity index (χ0) is 26.9. The molecule has 0 aromatic heterocycles. The van der Waals surface area contributed by atoms with Gasteiger partial charge in [0.15, 0.2) is 11.5 Å². The van der Waals surface area contributed by atoms with Gasteiger partial charge >= 0.3 is 11.9 Å². The molecule has 0 amide bonds. The Bertz CT molecular complexity index is 1170. The van der Waals surface area contributed by atoms with E-state index < -0.39 is 26.9 Å². The number of nitrogens with zero attached hydrogens (tertiary/aromatic N) is 3. The number of hydrogen-bond donors (Lipinski definition) is 2. The first kappa shape index (κ1) is 28.5. The SMILES string of the molecule is CCOc1cc(CN2CCN(S(=O)(=O)c3ccc([N+](=O)[O-])cc3)CC2)ccc1OC.O=C(O)C(=O)O. The van der Waals surface area contributed by atoms with Gasteiger partial charge in [0.05, 0.1) is 23.5 Å². The Morgan fingerprint density at radius 2 is 1.58 bits per heavy atom. The molecule has 0 unspecified atom stereocenters. The normalized spacial score (nSPS) is 14.3. The predicted octanol–water partition coefficient (Wildman–Crippen LogP) is 1.66. The largest absolute Gasteiger partial charge is 0.493 e. The van der Waals surface area contributed by atoms with E-state index in [9.17, 15) is 18.5 Å². The standard InChI is InChI=1S/C20H25N3O6S.C2H2O4/c1-3-29-20-14-16(4-9-19(20)28-2)15-21-10-12-22(13-11-21)30(26,27)18-7-5-17(6-8-18)23(24)25;3-1(4)2(5)6/h4-9,14H,3,10-13,15H2,1-2H3;(H,3,4)(H,5,6). The quantitative estimate of drug-likeness (QED) is 0.291. The summed E-state index contributed by atoms with van der Waals surface area (Å²) in [7, 11) is -2.08. The molecule has 0 spiro atoms. The van der Waals surface area contributed by atoms with Gasteiger partial charge in [0.25, 0.3) is 5.69 Å². The van der Waals surface area contributed by atoms with Crippen LogP contribution in [-0.2, 0) is 26.2 Å². The maximum absolute atomic E-state index is 12.8. The Labute approximate surface area is 207 Å². The number of hydrogen-bond acceptors (Lipinski definition) is 9. The van der Waals surface area contributed by atoms with Crippen LogP contribution in [0.25, 0.3) is 0 Å². The van der Waals surface area contributed by atoms with Gasteiger partial charge in [-0.25, -0.2) is 18.0 Å². The lowest BCUT2D eigenvalue weighted by Crippen LogP contribution is -2.48. The Kier molecular flexibility index (Phi) is 10.1. The van der Waals surface area contributed by atoms with Crippen molar-refractivity contribution in [3.05, 3.63) is 58.1 Å². The molecule has 1 heterocycles. The van der Waals surface area contributed by atoms with Crippen molar-refractivity contribution in [3.63, 3.8) is 0 Å². The molecule has 2 N–H and O–H groups in total. The molecule has 0 aliphatic carbocycles. The second kappa shape index (κ2) is 12.8. The molecule has 14 heteroatoms. The summed E-state index contributed by atoms with van der Waals surface area (Å²) in [6.07, 6.45) is 0. The number of ether oxygens (including phenoxy) is 2. The first-order valence-corrected chi connectivity index (χ1v) is 12.2. The molecule has 0 bridgehead atoms. The van der Waals surface area contributed by atoms with E-state index in [1.165, 1.54) is 28.6 Å². The number of nitro benzene ring substituents is 1. The number of carboxylic acids is 2. The zero-order valence-corrected chi connectivity index (χ0v) is 20.5. The van der Waals surface area contributed by atoms with Gasteiger partial charge < -0.3 is 19.7 Å². The molecule has 13 nitrogen and oxygen atoms in total. The summed E-state index contributed by atoms with van der Waals surface area (Å²) in [6, 6.07) is 10.8. The van der Waals surface area contributed by atoms with Gasteiger partial charge in [-0.1, -0.05) is 6.07 Å². The molecule has 1 aliphatic rings. The van der Waals surface area contributed by atoms with E-state index in [-0.39, 0.29) is 10.6 Å². The molecule has 1 fully saturated rings. The number of rotatable bonds is 8. The van der Waals surface area contributed by atoms with E-state index in [1.807, 2.05) is 25.1 Å². The van der Waals surface area contributed by atoms with Gasteiger partial charge in [-0.3, -0.25) is 15.0 Å². The molecule has 3 rings (SSSR count). The highest BCUT2D eigenvalue weighted by atomic mass is 32.2. The Morgan fingerprint density at radius 3 is 2.06 bits per heavy atom. The number of nitro groups is 1. The van der Waals surface area contributed by atoms with E-state index in [0.717, 1.165) is 5.56 Å². The molecule has 1 saturated heterocycles. The van der Waals surface area contributed by atoms with E-state index >= 15 is 0 Å². The Morgan fingerprint density at radius 1 is 1.00 bits per heavy atom. The van der Waals surface area contributed by atoms with Crippen LogP contribution >= 0.6 is 0 Å². The first-order valence-electron chi connectivity index (χ1n) is 10.7. The van der Waals surface area contributed by atoms with Crippen LogP contribution in [0.1, 0.15) is 12.5 Å². The van der Waals surface area contributed by atoms with Crippen LogP contribution in [-0.4, -0.2) is 84.6 Å². The molecule has 36 heavy (non-hydrogen) atoms. The number of aliphatic carboxylic acids is 2. The molecule has 0 saturated carbocycles. The number of piperazine rings is 1. The third kappa shape index (κ3) is 7.63. The van der Waals surface area contributed by atoms with Crippen LogP contribution in [0.15, 0.2) is 47.4 Å². The molecular weight excluding hydrogens is 498 g/mol. The van der Waals surface area contributed by atoms with E-state index in [2.05, 4.69) is 4.90 Å². The number of methoxy groups -OCH3 is 1. The summed E-state index contributed by atoms with van der Waals surface area (Å²) in [4.78, 5) is 30.7. The van der Waals surface area contributed by atoms with Crippen molar-refractivity contribution in [2.24, 2.45) is 0 Å². The Balaban J connectivity index is 0.000000678. The van der Waals surface area contributed by atoms with Crippen molar-refractivity contribution in [2.45, 2.75) is 18.4 Å².